The van der Waals surface area contributed by atoms with Gasteiger partial charge >= 0.3 is 0 Å². The molecule has 0 heteroatoms. The molecule has 0 fully saturated rings. The quantitative estimate of drug-likeness (QED) is 0.488. The van der Waals surface area contributed by atoms with Crippen molar-refractivity contribution in [2.24, 2.45) is 0 Å². The predicted octanol–water partition coefficient (Wildman–Crippen LogP) is 5.81. The standard InChI is InChI=1S/C7H16.2C3H8/c1-3-5-7-6-4-2;2*1-3-2/h3-7H2,1-2H3;2*3H2,1-2H3. The molecular formula is C13H32. The zero-order valence-electron chi connectivity index (χ0n) is 10.9. The third-order valence-electron chi connectivity index (χ3n) is 1.21. The summed E-state index contributed by atoms with van der Waals surface area (Å²) in [6.45, 7) is 13.0. The van der Waals surface area contributed by atoms with Crippen LogP contribution in [0.3, 0.4) is 0 Å². The second-order valence-corrected chi connectivity index (χ2v) is 3.47. The third-order valence-corrected chi connectivity index (χ3v) is 1.21. The van der Waals surface area contributed by atoms with E-state index in [1.165, 1.54) is 44.9 Å². The van der Waals surface area contributed by atoms with Gasteiger partial charge < -0.3 is 0 Å². The molecular weight excluding hydrogens is 156 g/mol. The summed E-state index contributed by atoms with van der Waals surface area (Å²) in [6, 6.07) is 0. The van der Waals surface area contributed by atoms with Gasteiger partial charge in [0.1, 0.15) is 0 Å². The molecule has 0 spiro atoms. The van der Waals surface area contributed by atoms with E-state index in [0.717, 1.165) is 0 Å². The van der Waals surface area contributed by atoms with E-state index in [1.807, 2.05) is 0 Å². The lowest BCUT2D eigenvalue weighted by Crippen LogP contribution is -1.70. The monoisotopic (exact) mass is 188 g/mol. The van der Waals surface area contributed by atoms with Crippen molar-refractivity contribution in [1.82, 2.24) is 0 Å². The summed E-state index contributed by atoms with van der Waals surface area (Å²) in [5.74, 6) is 0. The van der Waals surface area contributed by atoms with Crippen LogP contribution >= 0.6 is 0 Å². The largest absolute Gasteiger partial charge is 0.0656 e. The number of rotatable bonds is 4. The molecule has 13 heavy (non-hydrogen) atoms. The second kappa shape index (κ2) is 29.6. The van der Waals surface area contributed by atoms with Crippen LogP contribution in [0.2, 0.25) is 0 Å². The first kappa shape index (κ1) is 18.7. The van der Waals surface area contributed by atoms with Gasteiger partial charge in [-0.15, -0.1) is 0 Å². The van der Waals surface area contributed by atoms with Gasteiger partial charge in [-0.05, 0) is 0 Å². The molecule has 0 aromatic heterocycles. The van der Waals surface area contributed by atoms with Crippen molar-refractivity contribution in [1.29, 1.82) is 0 Å². The molecule has 0 saturated heterocycles. The van der Waals surface area contributed by atoms with Gasteiger partial charge in [-0.25, -0.2) is 0 Å². The van der Waals surface area contributed by atoms with Crippen molar-refractivity contribution < 1.29 is 0 Å². The molecule has 0 saturated carbocycles. The molecule has 0 aliphatic heterocycles. The average molecular weight is 188 g/mol. The smallest absolute Gasteiger partial charge is 0.0533 e. The van der Waals surface area contributed by atoms with E-state index in [4.69, 9.17) is 0 Å². The molecule has 0 bridgehead atoms. The number of unbranched alkanes of at least 4 members (excludes halogenated alkanes) is 4. The zero-order valence-corrected chi connectivity index (χ0v) is 10.9. The number of hydrogen-bond donors (Lipinski definition) is 0. The summed E-state index contributed by atoms with van der Waals surface area (Å²) in [6.07, 6.45) is 9.51. The average Bonchev–Trinajstić information content (AvgIpc) is 2.08. The van der Waals surface area contributed by atoms with Crippen LogP contribution in [0.15, 0.2) is 0 Å². The van der Waals surface area contributed by atoms with E-state index >= 15 is 0 Å². The van der Waals surface area contributed by atoms with Crippen LogP contribution in [-0.2, 0) is 0 Å². The minimum Gasteiger partial charge on any atom is -0.0656 e. The topological polar surface area (TPSA) is 0 Å². The highest BCUT2D eigenvalue weighted by Crippen LogP contribution is 2.00. The van der Waals surface area contributed by atoms with Gasteiger partial charge in [-0.1, -0.05) is 86.5 Å². The zero-order chi connectivity index (χ0) is 10.9. The van der Waals surface area contributed by atoms with Crippen molar-refractivity contribution in [3.8, 4) is 0 Å². The highest BCUT2D eigenvalue weighted by molar-refractivity contribution is 4.35. The minimum absolute atomic E-state index is 1.25. The fourth-order valence-electron chi connectivity index (χ4n) is 0.677. The Bertz CT molecular complexity index is 33.3. The van der Waals surface area contributed by atoms with E-state index in [-0.39, 0.29) is 0 Å². The molecule has 0 nitrogen and oxygen atoms in total. The molecule has 0 radical (unpaired) electrons. The van der Waals surface area contributed by atoms with E-state index in [1.54, 1.807) is 0 Å². The van der Waals surface area contributed by atoms with Gasteiger partial charge in [0.2, 0.25) is 0 Å². The molecule has 0 heterocycles. The molecule has 0 N–H and O–H groups in total. The molecule has 0 aliphatic carbocycles. The lowest BCUT2D eigenvalue weighted by molar-refractivity contribution is 0.656. The van der Waals surface area contributed by atoms with Gasteiger partial charge in [-0.2, -0.15) is 0 Å². The first-order valence-electron chi connectivity index (χ1n) is 6.24. The predicted molar refractivity (Wildman–Crippen MR) is 66.4 cm³/mol. The Morgan fingerprint density at radius 3 is 0.846 bits per heavy atom. The van der Waals surface area contributed by atoms with Gasteiger partial charge in [0, 0.05) is 0 Å². The maximum atomic E-state index is 2.25. The van der Waals surface area contributed by atoms with Crippen molar-refractivity contribution in [3.05, 3.63) is 0 Å². The lowest BCUT2D eigenvalue weighted by atomic mass is 10.2. The van der Waals surface area contributed by atoms with Crippen molar-refractivity contribution in [2.45, 2.75) is 86.5 Å². The summed E-state index contributed by atoms with van der Waals surface area (Å²) in [5.41, 5.74) is 0. The SMILES string of the molecule is CCC.CCC.CCCCCCC. The first-order valence-corrected chi connectivity index (χ1v) is 6.24. The van der Waals surface area contributed by atoms with Crippen molar-refractivity contribution in [3.63, 3.8) is 0 Å². The highest BCUT2D eigenvalue weighted by atomic mass is 13.9. The molecule has 0 rings (SSSR count). The van der Waals surface area contributed by atoms with Crippen molar-refractivity contribution in [2.75, 3.05) is 0 Å². The molecule has 0 amide bonds. The lowest BCUT2D eigenvalue weighted by Gasteiger charge is -1.90. The molecule has 0 aliphatic rings. The maximum absolute atomic E-state index is 2.25. The normalized spacial score (nSPS) is 7.85. The van der Waals surface area contributed by atoms with Crippen LogP contribution in [0.25, 0.3) is 0 Å². The summed E-state index contributed by atoms with van der Waals surface area (Å²) in [4.78, 5) is 0. The van der Waals surface area contributed by atoms with Gasteiger partial charge in [0.05, 0.1) is 0 Å². The third kappa shape index (κ3) is 75.0. The number of hydrogen-bond acceptors (Lipinski definition) is 0. The summed E-state index contributed by atoms with van der Waals surface area (Å²) in [7, 11) is 0. The Balaban J connectivity index is -0.000000140. The Morgan fingerprint density at radius 2 is 0.692 bits per heavy atom. The highest BCUT2D eigenvalue weighted by Gasteiger charge is 1.80. The van der Waals surface area contributed by atoms with Crippen LogP contribution < -0.4 is 0 Å². The Labute approximate surface area is 87.1 Å². The van der Waals surface area contributed by atoms with Crippen molar-refractivity contribution >= 4 is 0 Å². The van der Waals surface area contributed by atoms with Crippen LogP contribution in [-0.4, -0.2) is 0 Å². The minimum atomic E-state index is 1.25. The van der Waals surface area contributed by atoms with Crippen LogP contribution in [0.4, 0.5) is 0 Å². The van der Waals surface area contributed by atoms with Crippen LogP contribution in [0, 0.1) is 0 Å². The molecule has 0 aromatic carbocycles. The first-order chi connectivity index (χ1) is 6.24. The Hall–Kier alpha value is 0. The molecule has 0 aromatic rings. The van der Waals surface area contributed by atoms with Crippen LogP contribution in [0.5, 0.6) is 0 Å². The second-order valence-electron chi connectivity index (χ2n) is 3.47. The Morgan fingerprint density at radius 1 is 0.462 bits per heavy atom. The van der Waals surface area contributed by atoms with Gasteiger partial charge in [-0.3, -0.25) is 0 Å². The van der Waals surface area contributed by atoms with E-state index in [9.17, 15) is 0 Å². The van der Waals surface area contributed by atoms with Gasteiger partial charge in [0.15, 0.2) is 0 Å². The summed E-state index contributed by atoms with van der Waals surface area (Å²) >= 11 is 0. The Kier molecular flexibility index (Phi) is 42.7. The molecule has 0 atom stereocenters. The van der Waals surface area contributed by atoms with E-state index in [0.29, 0.717) is 0 Å². The molecule has 84 valence electrons. The molecule has 0 unspecified atom stereocenters. The van der Waals surface area contributed by atoms with Crippen LogP contribution in [0.1, 0.15) is 86.5 Å². The van der Waals surface area contributed by atoms with Gasteiger partial charge in [0.25, 0.3) is 0 Å². The fraction of sp³-hybridized carbons (Fsp3) is 1.00. The van der Waals surface area contributed by atoms with E-state index in [2.05, 4.69) is 41.5 Å². The fourth-order valence-corrected chi connectivity index (χ4v) is 0.677. The summed E-state index contributed by atoms with van der Waals surface area (Å²) < 4.78 is 0. The summed E-state index contributed by atoms with van der Waals surface area (Å²) in [5, 5.41) is 0. The van der Waals surface area contributed by atoms with E-state index < -0.39 is 0 Å². The maximum Gasteiger partial charge on any atom is -0.0533 e.